The molecule has 32 heavy (non-hydrogen) atoms. The second-order valence-electron chi connectivity index (χ2n) is 9.37. The van der Waals surface area contributed by atoms with E-state index in [0.29, 0.717) is 36.4 Å². The maximum atomic E-state index is 6.07. The number of hydrogen-bond donors (Lipinski definition) is 0. The van der Waals surface area contributed by atoms with E-state index in [-0.39, 0.29) is 17.4 Å². The molecule has 2 aromatic rings. The molecule has 176 valence electrons. The Labute approximate surface area is 199 Å². The van der Waals surface area contributed by atoms with Crippen LogP contribution in [0, 0.1) is 5.41 Å². The monoisotopic (exact) mass is 507 g/mol. The minimum atomic E-state index is 0.0144. The van der Waals surface area contributed by atoms with Gasteiger partial charge in [0, 0.05) is 23.6 Å². The molecule has 0 spiro atoms. The Bertz CT molecular complexity index is 1040. The zero-order valence-corrected chi connectivity index (χ0v) is 22.1. The highest BCUT2D eigenvalue weighted by atomic mass is 79.9. The molecule has 0 radical (unpaired) electrons. The first-order chi connectivity index (χ1) is 15.1. The van der Waals surface area contributed by atoms with Crippen LogP contribution in [0.1, 0.15) is 57.2 Å². The molecule has 2 aromatic carbocycles. The van der Waals surface area contributed by atoms with Gasteiger partial charge in [-0.25, -0.2) is 4.99 Å². The molecule has 0 saturated heterocycles. The summed E-state index contributed by atoms with van der Waals surface area (Å²) in [6, 6.07) is 2.20. The molecule has 1 aliphatic rings. The van der Waals surface area contributed by atoms with Crippen molar-refractivity contribution in [3.05, 3.63) is 27.2 Å². The molecule has 1 aliphatic heterocycles. The van der Waals surface area contributed by atoms with Crippen molar-refractivity contribution in [3.8, 4) is 17.2 Å². The van der Waals surface area contributed by atoms with Gasteiger partial charge < -0.3 is 23.7 Å². The number of halogens is 1. The number of fused-ring (bicyclic) bond motifs is 1. The fourth-order valence-corrected chi connectivity index (χ4v) is 4.87. The average molecular weight is 508 g/mol. The van der Waals surface area contributed by atoms with E-state index in [2.05, 4.69) is 56.6 Å². The summed E-state index contributed by atoms with van der Waals surface area (Å²) in [5, 5.41) is 1.93. The standard InChI is InChI=1S/C25H34BrNO5/c1-13(2)18-14-10-15(24-27-17(12-32-24)25(3,4)5)20(26)22(30-8)19(14)16(11-28-6)21(29-7)23(18)31-9/h10,13,17H,11-12H2,1-9H3/t17-/m1/s1. The molecule has 0 amide bonds. The summed E-state index contributed by atoms with van der Waals surface area (Å²) in [5.41, 5.74) is 2.79. The topological polar surface area (TPSA) is 58.5 Å². The van der Waals surface area contributed by atoms with Crippen molar-refractivity contribution in [2.24, 2.45) is 10.4 Å². The fraction of sp³-hybridized carbons (Fsp3) is 0.560. The van der Waals surface area contributed by atoms with Crippen LogP contribution in [0.2, 0.25) is 0 Å². The molecule has 0 N–H and O–H groups in total. The van der Waals surface area contributed by atoms with Gasteiger partial charge in [-0.2, -0.15) is 0 Å². The summed E-state index contributed by atoms with van der Waals surface area (Å²) in [7, 11) is 6.65. The summed E-state index contributed by atoms with van der Waals surface area (Å²) in [5.74, 6) is 2.85. The van der Waals surface area contributed by atoms with E-state index in [1.807, 2.05) is 0 Å². The summed E-state index contributed by atoms with van der Waals surface area (Å²) >= 11 is 3.77. The molecule has 7 heteroatoms. The van der Waals surface area contributed by atoms with Gasteiger partial charge in [-0.05, 0) is 38.7 Å². The Morgan fingerprint density at radius 2 is 1.69 bits per heavy atom. The molecule has 0 saturated carbocycles. The maximum absolute atomic E-state index is 6.07. The second-order valence-corrected chi connectivity index (χ2v) is 10.2. The highest BCUT2D eigenvalue weighted by molar-refractivity contribution is 9.10. The smallest absolute Gasteiger partial charge is 0.217 e. The van der Waals surface area contributed by atoms with Crippen molar-refractivity contribution >= 4 is 32.6 Å². The van der Waals surface area contributed by atoms with Crippen molar-refractivity contribution in [1.29, 1.82) is 0 Å². The number of methoxy groups -OCH3 is 4. The van der Waals surface area contributed by atoms with Gasteiger partial charge in [-0.15, -0.1) is 0 Å². The van der Waals surface area contributed by atoms with Crippen LogP contribution in [0.3, 0.4) is 0 Å². The molecular weight excluding hydrogens is 474 g/mol. The molecule has 1 atom stereocenters. The van der Waals surface area contributed by atoms with Crippen molar-refractivity contribution in [3.63, 3.8) is 0 Å². The first-order valence-electron chi connectivity index (χ1n) is 10.8. The summed E-state index contributed by atoms with van der Waals surface area (Å²) < 4.78 is 30.0. The van der Waals surface area contributed by atoms with Gasteiger partial charge >= 0.3 is 0 Å². The van der Waals surface area contributed by atoms with Gasteiger partial charge in [0.05, 0.1) is 44.0 Å². The lowest BCUT2D eigenvalue weighted by atomic mass is 9.88. The summed E-state index contributed by atoms with van der Waals surface area (Å²) in [6.45, 7) is 11.7. The quantitative estimate of drug-likeness (QED) is 0.453. The second kappa shape index (κ2) is 9.48. The minimum absolute atomic E-state index is 0.0144. The van der Waals surface area contributed by atoms with Gasteiger partial charge in [0.1, 0.15) is 12.4 Å². The van der Waals surface area contributed by atoms with Crippen LogP contribution in [-0.4, -0.2) is 47.0 Å². The van der Waals surface area contributed by atoms with Crippen molar-refractivity contribution in [2.45, 2.75) is 53.2 Å². The molecule has 0 unspecified atom stereocenters. The normalized spacial score (nSPS) is 16.3. The largest absolute Gasteiger partial charge is 0.495 e. The Balaban J connectivity index is 2.45. The van der Waals surface area contributed by atoms with Crippen LogP contribution in [0.5, 0.6) is 17.2 Å². The van der Waals surface area contributed by atoms with Gasteiger partial charge in [0.15, 0.2) is 11.5 Å². The van der Waals surface area contributed by atoms with E-state index in [1.54, 1.807) is 28.4 Å². The third-order valence-corrected chi connectivity index (χ3v) is 6.68. The number of ether oxygens (including phenoxy) is 5. The third kappa shape index (κ3) is 4.17. The van der Waals surface area contributed by atoms with Crippen molar-refractivity contribution < 1.29 is 23.7 Å². The predicted octanol–water partition coefficient (Wildman–Crippen LogP) is 6.09. The Kier molecular flexibility index (Phi) is 7.30. The number of rotatable bonds is 7. The molecule has 0 fully saturated rings. The first-order valence-corrected chi connectivity index (χ1v) is 11.6. The lowest BCUT2D eigenvalue weighted by molar-refractivity contribution is 0.182. The van der Waals surface area contributed by atoms with Gasteiger partial charge in [0.2, 0.25) is 5.90 Å². The Hall–Kier alpha value is -1.99. The van der Waals surface area contributed by atoms with Gasteiger partial charge in [-0.1, -0.05) is 34.6 Å². The zero-order valence-electron chi connectivity index (χ0n) is 20.5. The minimum Gasteiger partial charge on any atom is -0.495 e. The average Bonchev–Trinajstić information content (AvgIpc) is 3.23. The van der Waals surface area contributed by atoms with E-state index in [1.165, 1.54) is 0 Å². The fourth-order valence-electron chi connectivity index (χ4n) is 4.23. The molecular formula is C25H34BrNO5. The number of aliphatic imine (C=N–C) groups is 1. The van der Waals surface area contributed by atoms with Gasteiger partial charge in [0.25, 0.3) is 0 Å². The summed E-state index contributed by atoms with van der Waals surface area (Å²) in [4.78, 5) is 4.91. The molecule has 0 aliphatic carbocycles. The third-order valence-electron chi connectivity index (χ3n) is 5.90. The lowest BCUT2D eigenvalue weighted by Crippen LogP contribution is -2.25. The zero-order chi connectivity index (χ0) is 23.8. The number of benzene rings is 2. The Morgan fingerprint density at radius 3 is 2.16 bits per heavy atom. The SMILES string of the molecule is COCc1c(OC)c(OC)c(C(C)C)c2cc(C3=N[C@@H](C(C)(C)C)CO3)c(Br)c(OC)c12. The van der Waals surface area contributed by atoms with Crippen LogP contribution < -0.4 is 14.2 Å². The van der Waals surface area contributed by atoms with Crippen LogP contribution in [-0.2, 0) is 16.1 Å². The summed E-state index contributed by atoms with van der Waals surface area (Å²) in [6.07, 6.45) is 0. The van der Waals surface area contributed by atoms with E-state index in [9.17, 15) is 0 Å². The molecule has 6 nitrogen and oxygen atoms in total. The van der Waals surface area contributed by atoms with Crippen LogP contribution in [0.4, 0.5) is 0 Å². The Morgan fingerprint density at radius 1 is 1.06 bits per heavy atom. The van der Waals surface area contributed by atoms with E-state index in [0.717, 1.165) is 31.9 Å². The van der Waals surface area contributed by atoms with Crippen LogP contribution in [0.15, 0.2) is 15.5 Å². The molecule has 0 aromatic heterocycles. The van der Waals surface area contributed by atoms with E-state index < -0.39 is 0 Å². The number of nitrogens with zero attached hydrogens (tertiary/aromatic N) is 1. The molecule has 0 bridgehead atoms. The first kappa shape index (κ1) is 24.6. The van der Waals surface area contributed by atoms with E-state index >= 15 is 0 Å². The van der Waals surface area contributed by atoms with Crippen molar-refractivity contribution in [1.82, 2.24) is 0 Å². The van der Waals surface area contributed by atoms with Crippen molar-refractivity contribution in [2.75, 3.05) is 35.0 Å². The number of hydrogen-bond acceptors (Lipinski definition) is 6. The molecule has 3 rings (SSSR count). The lowest BCUT2D eigenvalue weighted by Gasteiger charge is -2.24. The van der Waals surface area contributed by atoms with Crippen LogP contribution in [0.25, 0.3) is 10.8 Å². The highest BCUT2D eigenvalue weighted by Gasteiger charge is 2.33. The van der Waals surface area contributed by atoms with Crippen LogP contribution >= 0.6 is 15.9 Å². The van der Waals surface area contributed by atoms with Gasteiger partial charge in [-0.3, -0.25) is 0 Å². The maximum Gasteiger partial charge on any atom is 0.217 e. The predicted molar refractivity (Wildman–Crippen MR) is 132 cm³/mol. The highest BCUT2D eigenvalue weighted by Crippen LogP contribution is 2.50. The molecule has 1 heterocycles. The van der Waals surface area contributed by atoms with E-state index in [4.69, 9.17) is 28.7 Å².